The normalized spacial score (nSPS) is 13.8. The Balaban J connectivity index is 2.96. The molecule has 0 radical (unpaired) electrons. The van der Waals surface area contributed by atoms with E-state index in [2.05, 4.69) is 15.5 Å². The number of hydrogen-bond acceptors (Lipinski definition) is 5. The van der Waals surface area contributed by atoms with E-state index in [0.29, 0.717) is 6.42 Å². The van der Waals surface area contributed by atoms with E-state index in [1.807, 2.05) is 39.8 Å². The largest absolute Gasteiger partial charge is 0.481 e. The summed E-state index contributed by atoms with van der Waals surface area (Å²) in [6.45, 7) is 6.82. The Hall–Kier alpha value is -1.50. The van der Waals surface area contributed by atoms with Crippen molar-refractivity contribution in [2.75, 3.05) is 20.6 Å². The number of aromatic nitrogens is 4. The van der Waals surface area contributed by atoms with Crippen LogP contribution in [-0.4, -0.2) is 56.8 Å². The summed E-state index contributed by atoms with van der Waals surface area (Å²) >= 11 is 0. The summed E-state index contributed by atoms with van der Waals surface area (Å²) in [5.74, 6) is -0.108. The van der Waals surface area contributed by atoms with E-state index in [9.17, 15) is 4.79 Å². The van der Waals surface area contributed by atoms with Gasteiger partial charge in [0.2, 0.25) is 0 Å². The number of nitrogens with zero attached hydrogens (tertiary/aromatic N) is 5. The van der Waals surface area contributed by atoms with Crippen LogP contribution in [-0.2, 0) is 11.2 Å². The maximum Gasteiger partial charge on any atom is 0.305 e. The fourth-order valence-electron chi connectivity index (χ4n) is 1.87. The van der Waals surface area contributed by atoms with E-state index in [1.165, 1.54) is 0 Å². The van der Waals surface area contributed by atoms with Crippen molar-refractivity contribution in [3.63, 3.8) is 0 Å². The van der Waals surface area contributed by atoms with E-state index >= 15 is 0 Å². The van der Waals surface area contributed by atoms with Gasteiger partial charge in [-0.1, -0.05) is 20.8 Å². The molecule has 0 aliphatic carbocycles. The molecule has 7 heteroatoms. The SMILES string of the molecule is CN(C)CCc1nnnn1C(CC(=O)O)C(C)(C)C. The number of carboxylic acid groups (broad SMARTS) is 1. The minimum Gasteiger partial charge on any atom is -0.481 e. The lowest BCUT2D eigenvalue weighted by molar-refractivity contribution is -0.138. The first-order valence-electron chi connectivity index (χ1n) is 6.35. The average Bonchev–Trinajstić information content (AvgIpc) is 2.68. The van der Waals surface area contributed by atoms with Crippen LogP contribution < -0.4 is 0 Å². The Morgan fingerprint density at radius 3 is 2.53 bits per heavy atom. The Morgan fingerprint density at radius 1 is 1.42 bits per heavy atom. The number of carbonyl (C=O) groups is 1. The maximum absolute atomic E-state index is 11.0. The van der Waals surface area contributed by atoms with Crippen molar-refractivity contribution < 1.29 is 9.90 Å². The molecule has 0 saturated heterocycles. The van der Waals surface area contributed by atoms with Crippen LogP contribution in [0.3, 0.4) is 0 Å². The van der Waals surface area contributed by atoms with Gasteiger partial charge in [-0.05, 0) is 29.9 Å². The summed E-state index contributed by atoms with van der Waals surface area (Å²) in [6, 6.07) is -0.253. The van der Waals surface area contributed by atoms with Crippen LogP contribution in [0.1, 0.15) is 39.1 Å². The molecule has 0 spiro atoms. The lowest BCUT2D eigenvalue weighted by Gasteiger charge is -2.30. The highest BCUT2D eigenvalue weighted by Crippen LogP contribution is 2.33. The molecule has 0 saturated carbocycles. The van der Waals surface area contributed by atoms with Gasteiger partial charge in [0.25, 0.3) is 0 Å². The lowest BCUT2D eigenvalue weighted by atomic mass is 9.85. The monoisotopic (exact) mass is 269 g/mol. The third-order valence-electron chi connectivity index (χ3n) is 3.01. The molecule has 1 rings (SSSR count). The topological polar surface area (TPSA) is 84.1 Å². The molecule has 19 heavy (non-hydrogen) atoms. The first-order valence-corrected chi connectivity index (χ1v) is 6.35. The zero-order chi connectivity index (χ0) is 14.6. The minimum absolute atomic E-state index is 0.0174. The van der Waals surface area contributed by atoms with Crippen LogP contribution in [0, 0.1) is 5.41 Å². The van der Waals surface area contributed by atoms with Crippen molar-refractivity contribution >= 4 is 5.97 Å². The van der Waals surface area contributed by atoms with Crippen molar-refractivity contribution in [1.29, 1.82) is 0 Å². The van der Waals surface area contributed by atoms with Gasteiger partial charge in [0.05, 0.1) is 12.5 Å². The Labute approximate surface area is 113 Å². The molecular weight excluding hydrogens is 246 g/mol. The van der Waals surface area contributed by atoms with Crippen molar-refractivity contribution in [3.05, 3.63) is 5.82 Å². The minimum atomic E-state index is -0.839. The number of hydrogen-bond donors (Lipinski definition) is 1. The van der Waals surface area contributed by atoms with Gasteiger partial charge in [-0.15, -0.1) is 5.10 Å². The van der Waals surface area contributed by atoms with E-state index in [0.717, 1.165) is 12.4 Å². The van der Waals surface area contributed by atoms with Crippen molar-refractivity contribution in [2.45, 2.75) is 39.7 Å². The predicted molar refractivity (Wildman–Crippen MR) is 70.8 cm³/mol. The van der Waals surface area contributed by atoms with Gasteiger partial charge in [0.1, 0.15) is 0 Å². The lowest BCUT2D eigenvalue weighted by Crippen LogP contribution is -2.30. The van der Waals surface area contributed by atoms with Gasteiger partial charge in [-0.2, -0.15) is 0 Å². The first-order chi connectivity index (χ1) is 8.71. The highest BCUT2D eigenvalue weighted by Gasteiger charge is 2.31. The van der Waals surface area contributed by atoms with Crippen molar-refractivity contribution in [1.82, 2.24) is 25.1 Å². The molecule has 1 aromatic heterocycles. The third kappa shape index (κ3) is 4.59. The smallest absolute Gasteiger partial charge is 0.305 e. The number of rotatable bonds is 6. The molecule has 1 unspecified atom stereocenters. The average molecular weight is 269 g/mol. The zero-order valence-electron chi connectivity index (χ0n) is 12.3. The molecule has 1 heterocycles. The second-order valence-corrected chi connectivity index (χ2v) is 6.07. The molecule has 0 fully saturated rings. The van der Waals surface area contributed by atoms with Gasteiger partial charge in [0, 0.05) is 13.0 Å². The summed E-state index contributed by atoms with van der Waals surface area (Å²) in [7, 11) is 3.96. The van der Waals surface area contributed by atoms with E-state index in [1.54, 1.807) is 4.68 Å². The Kier molecular flexibility index (Phi) is 4.99. The van der Waals surface area contributed by atoms with Gasteiger partial charge >= 0.3 is 5.97 Å². The Morgan fingerprint density at radius 2 is 2.05 bits per heavy atom. The van der Waals surface area contributed by atoms with Gasteiger partial charge in [-0.25, -0.2) is 4.68 Å². The van der Waals surface area contributed by atoms with E-state index in [-0.39, 0.29) is 17.9 Å². The van der Waals surface area contributed by atoms with Gasteiger partial charge < -0.3 is 10.0 Å². The molecule has 0 aromatic carbocycles. The molecule has 1 aromatic rings. The molecule has 0 bridgehead atoms. The standard InChI is InChI=1S/C12H23N5O2/c1-12(2,3)9(8-11(18)19)17-10(13-14-15-17)6-7-16(4)5/h9H,6-8H2,1-5H3,(H,18,19). The van der Waals surface area contributed by atoms with E-state index < -0.39 is 5.97 Å². The summed E-state index contributed by atoms with van der Waals surface area (Å²) in [4.78, 5) is 13.1. The highest BCUT2D eigenvalue weighted by molar-refractivity contribution is 5.67. The van der Waals surface area contributed by atoms with Crippen molar-refractivity contribution in [3.8, 4) is 0 Å². The molecule has 0 aliphatic rings. The van der Waals surface area contributed by atoms with Crippen LogP contribution in [0.4, 0.5) is 0 Å². The number of tetrazole rings is 1. The van der Waals surface area contributed by atoms with Crippen LogP contribution >= 0.6 is 0 Å². The van der Waals surface area contributed by atoms with Crippen LogP contribution in [0.25, 0.3) is 0 Å². The number of aliphatic carboxylic acids is 1. The maximum atomic E-state index is 11.0. The Bertz CT molecular complexity index is 422. The zero-order valence-corrected chi connectivity index (χ0v) is 12.3. The van der Waals surface area contributed by atoms with Gasteiger partial charge in [-0.3, -0.25) is 4.79 Å². The fraction of sp³-hybridized carbons (Fsp3) is 0.833. The number of carboxylic acids is 1. The second-order valence-electron chi connectivity index (χ2n) is 6.07. The molecule has 1 N–H and O–H groups in total. The molecule has 7 nitrogen and oxygen atoms in total. The molecular formula is C12H23N5O2. The first kappa shape index (κ1) is 15.6. The van der Waals surface area contributed by atoms with Crippen LogP contribution in [0.5, 0.6) is 0 Å². The van der Waals surface area contributed by atoms with Gasteiger partial charge in [0.15, 0.2) is 5.82 Å². The van der Waals surface area contributed by atoms with E-state index in [4.69, 9.17) is 5.11 Å². The molecule has 1 atom stereocenters. The molecule has 0 aliphatic heterocycles. The second kappa shape index (κ2) is 6.10. The molecule has 0 amide bonds. The van der Waals surface area contributed by atoms with Crippen molar-refractivity contribution in [2.24, 2.45) is 5.41 Å². The summed E-state index contributed by atoms with van der Waals surface area (Å²) in [5, 5.41) is 20.8. The highest BCUT2D eigenvalue weighted by atomic mass is 16.4. The summed E-state index contributed by atoms with van der Waals surface area (Å²) < 4.78 is 1.66. The molecule has 108 valence electrons. The summed E-state index contributed by atoms with van der Waals surface area (Å²) in [5.41, 5.74) is -0.222. The number of likely N-dealkylation sites (N-methyl/N-ethyl adjacent to an activating group) is 1. The predicted octanol–water partition coefficient (Wildman–Crippen LogP) is 0.839. The third-order valence-corrected chi connectivity index (χ3v) is 3.01. The van der Waals surface area contributed by atoms with Crippen LogP contribution in [0.15, 0.2) is 0 Å². The fourth-order valence-corrected chi connectivity index (χ4v) is 1.87. The summed E-state index contributed by atoms with van der Waals surface area (Å²) in [6.07, 6.45) is 0.718. The quantitative estimate of drug-likeness (QED) is 0.823. The van der Waals surface area contributed by atoms with Crippen LogP contribution in [0.2, 0.25) is 0 Å².